The zero-order chi connectivity index (χ0) is 28.3. The van der Waals surface area contributed by atoms with Gasteiger partial charge in [-0.3, -0.25) is 14.4 Å². The molecule has 1 saturated carbocycles. The van der Waals surface area contributed by atoms with Gasteiger partial charge in [-0.15, -0.1) is 11.3 Å². The minimum absolute atomic E-state index is 0.0151. The van der Waals surface area contributed by atoms with Gasteiger partial charge in [-0.1, -0.05) is 20.8 Å². The Labute approximate surface area is 234 Å². The van der Waals surface area contributed by atoms with Gasteiger partial charge < -0.3 is 15.5 Å². The van der Waals surface area contributed by atoms with Gasteiger partial charge in [0.05, 0.1) is 17.0 Å². The lowest BCUT2D eigenvalue weighted by Gasteiger charge is -2.39. The highest BCUT2D eigenvalue weighted by Gasteiger charge is 2.53. The number of anilines is 1. The first-order chi connectivity index (χ1) is 18.2. The van der Waals surface area contributed by atoms with Crippen LogP contribution < -0.4 is 10.6 Å². The Morgan fingerprint density at radius 3 is 2.38 bits per heavy atom. The van der Waals surface area contributed by atoms with Crippen molar-refractivity contribution < 1.29 is 22.8 Å². The van der Waals surface area contributed by atoms with Gasteiger partial charge in [0.15, 0.2) is 0 Å². The number of carbonyl (C=O) groups excluding carboxylic acids is 3. The number of fused-ring (bicyclic) bond motifs is 3. The van der Waals surface area contributed by atoms with Crippen LogP contribution in [0.15, 0.2) is 29.2 Å². The minimum atomic E-state index is -3.70. The van der Waals surface area contributed by atoms with Gasteiger partial charge in [0.1, 0.15) is 5.00 Å². The summed E-state index contributed by atoms with van der Waals surface area (Å²) in [6.07, 6.45) is 3.24. The van der Waals surface area contributed by atoms with Gasteiger partial charge in [0.2, 0.25) is 15.9 Å². The van der Waals surface area contributed by atoms with Crippen molar-refractivity contribution in [3.63, 3.8) is 0 Å². The summed E-state index contributed by atoms with van der Waals surface area (Å²) in [4.78, 5) is 40.5. The molecule has 2 atom stereocenters. The first-order valence-corrected chi connectivity index (χ1v) is 15.5. The SMILES string of the molecule is CNC(=O)c1c(NC(=O)c2ccc(S(=O)(=O)N3CC4(C)CC3CC(C)(C)C4)cc2)sc2c1CCN(C(C)=O)C2. The van der Waals surface area contributed by atoms with E-state index in [0.29, 0.717) is 42.2 Å². The Morgan fingerprint density at radius 2 is 1.74 bits per heavy atom. The molecule has 210 valence electrons. The van der Waals surface area contributed by atoms with Crippen molar-refractivity contribution in [1.82, 2.24) is 14.5 Å². The number of rotatable bonds is 5. The standard InChI is InChI=1S/C28H36N4O5S2/c1-17(33)31-11-10-21-22(14-31)38-26(23(21)25(35)29-5)30-24(34)18-6-8-20(9-7-18)39(36,37)32-16-28(4)13-19(32)12-27(2,3)15-28/h6-9,19H,10-16H2,1-5H3,(H,29,35)(H,30,34). The smallest absolute Gasteiger partial charge is 0.256 e. The monoisotopic (exact) mass is 572 g/mol. The molecular weight excluding hydrogens is 536 g/mol. The molecule has 2 fully saturated rings. The van der Waals surface area contributed by atoms with E-state index >= 15 is 0 Å². The molecule has 1 aromatic carbocycles. The normalized spacial score (nSPS) is 24.2. The molecule has 3 aliphatic rings. The molecule has 9 nitrogen and oxygen atoms in total. The summed E-state index contributed by atoms with van der Waals surface area (Å²) < 4.78 is 28.9. The highest BCUT2D eigenvalue weighted by molar-refractivity contribution is 7.89. The number of sulfonamides is 1. The maximum Gasteiger partial charge on any atom is 0.256 e. The molecule has 0 radical (unpaired) electrons. The third-order valence-corrected chi connectivity index (χ3v) is 11.3. The molecule has 5 rings (SSSR count). The van der Waals surface area contributed by atoms with Crippen LogP contribution in [0.4, 0.5) is 5.00 Å². The van der Waals surface area contributed by atoms with E-state index in [4.69, 9.17) is 0 Å². The molecule has 2 N–H and O–H groups in total. The van der Waals surface area contributed by atoms with Crippen molar-refractivity contribution in [2.24, 2.45) is 10.8 Å². The van der Waals surface area contributed by atoms with E-state index in [1.54, 1.807) is 9.21 Å². The van der Waals surface area contributed by atoms with Gasteiger partial charge in [0, 0.05) is 43.5 Å². The Hall–Kier alpha value is -2.76. The zero-order valence-corrected chi connectivity index (χ0v) is 24.7. The van der Waals surface area contributed by atoms with Crippen LogP contribution in [0, 0.1) is 10.8 Å². The van der Waals surface area contributed by atoms with E-state index in [0.717, 1.165) is 29.7 Å². The maximum atomic E-state index is 13.6. The molecule has 1 aliphatic carbocycles. The molecule has 2 bridgehead atoms. The first kappa shape index (κ1) is 27.8. The average molecular weight is 573 g/mol. The highest BCUT2D eigenvalue weighted by atomic mass is 32.2. The summed E-state index contributed by atoms with van der Waals surface area (Å²) in [6.45, 7) is 9.53. The lowest BCUT2D eigenvalue weighted by atomic mass is 9.65. The fraction of sp³-hybridized carbons (Fsp3) is 0.536. The molecular formula is C28H36N4O5S2. The van der Waals surface area contributed by atoms with E-state index in [1.807, 2.05) is 0 Å². The largest absolute Gasteiger partial charge is 0.355 e. The number of nitrogens with zero attached hydrogens (tertiary/aromatic N) is 2. The summed E-state index contributed by atoms with van der Waals surface area (Å²) >= 11 is 1.29. The molecule has 3 heterocycles. The average Bonchev–Trinajstić information content (AvgIpc) is 3.35. The van der Waals surface area contributed by atoms with Crippen LogP contribution in [0.1, 0.15) is 78.1 Å². The van der Waals surface area contributed by atoms with Crippen molar-refractivity contribution >= 4 is 44.1 Å². The van der Waals surface area contributed by atoms with E-state index in [2.05, 4.69) is 31.4 Å². The van der Waals surface area contributed by atoms with Crippen molar-refractivity contribution in [2.75, 3.05) is 25.5 Å². The van der Waals surface area contributed by atoms with Crippen LogP contribution >= 0.6 is 11.3 Å². The summed E-state index contributed by atoms with van der Waals surface area (Å²) in [5, 5.41) is 5.92. The molecule has 11 heteroatoms. The Bertz CT molecular complexity index is 1450. The lowest BCUT2D eigenvalue weighted by molar-refractivity contribution is -0.129. The zero-order valence-electron chi connectivity index (χ0n) is 23.1. The number of nitrogens with one attached hydrogen (secondary N) is 2. The summed E-state index contributed by atoms with van der Waals surface area (Å²) in [6, 6.07) is 5.99. The van der Waals surface area contributed by atoms with Crippen LogP contribution in [0.25, 0.3) is 0 Å². The fourth-order valence-corrected chi connectivity index (χ4v) is 9.93. The van der Waals surface area contributed by atoms with Gasteiger partial charge in [-0.2, -0.15) is 4.31 Å². The van der Waals surface area contributed by atoms with E-state index in [1.165, 1.54) is 49.6 Å². The Morgan fingerprint density at radius 1 is 1.05 bits per heavy atom. The lowest BCUT2D eigenvalue weighted by Crippen LogP contribution is -2.37. The number of hydrogen-bond acceptors (Lipinski definition) is 6. The highest BCUT2D eigenvalue weighted by Crippen LogP contribution is 2.53. The van der Waals surface area contributed by atoms with Crippen LogP contribution in [0.2, 0.25) is 0 Å². The quantitative estimate of drug-likeness (QED) is 0.565. The predicted octanol–water partition coefficient (Wildman–Crippen LogP) is 3.85. The molecule has 1 aromatic heterocycles. The van der Waals surface area contributed by atoms with Crippen molar-refractivity contribution in [3.05, 3.63) is 45.8 Å². The summed E-state index contributed by atoms with van der Waals surface area (Å²) in [7, 11) is -2.16. The topological polar surface area (TPSA) is 116 Å². The number of benzene rings is 1. The second-order valence-electron chi connectivity index (χ2n) is 12.2. The van der Waals surface area contributed by atoms with Gasteiger partial charge in [0.25, 0.3) is 11.8 Å². The fourth-order valence-electron chi connectivity index (χ4n) is 6.90. The minimum Gasteiger partial charge on any atom is -0.355 e. The molecule has 3 amide bonds. The molecule has 2 unspecified atom stereocenters. The van der Waals surface area contributed by atoms with Crippen molar-refractivity contribution in [2.45, 2.75) is 70.9 Å². The first-order valence-electron chi connectivity index (χ1n) is 13.3. The molecule has 2 aliphatic heterocycles. The molecule has 2 aromatic rings. The summed E-state index contributed by atoms with van der Waals surface area (Å²) in [5.74, 6) is -0.767. The van der Waals surface area contributed by atoms with Gasteiger partial charge >= 0.3 is 0 Å². The third kappa shape index (κ3) is 5.12. The molecule has 0 spiro atoms. The van der Waals surface area contributed by atoms with Crippen molar-refractivity contribution in [3.8, 4) is 0 Å². The third-order valence-electron chi connectivity index (χ3n) is 8.27. The van der Waals surface area contributed by atoms with Crippen LogP contribution in [-0.4, -0.2) is 61.5 Å². The van der Waals surface area contributed by atoms with Crippen LogP contribution in [-0.2, 0) is 27.8 Å². The number of thiophene rings is 1. The maximum absolute atomic E-state index is 13.6. The summed E-state index contributed by atoms with van der Waals surface area (Å²) in [5.41, 5.74) is 1.64. The Balaban J connectivity index is 1.36. The Kier molecular flexibility index (Phi) is 6.92. The second-order valence-corrected chi connectivity index (χ2v) is 15.2. The predicted molar refractivity (Wildman–Crippen MR) is 150 cm³/mol. The van der Waals surface area contributed by atoms with E-state index < -0.39 is 15.9 Å². The van der Waals surface area contributed by atoms with Gasteiger partial charge in [-0.05, 0) is 66.3 Å². The van der Waals surface area contributed by atoms with Crippen LogP contribution in [0.5, 0.6) is 0 Å². The molecule has 1 saturated heterocycles. The van der Waals surface area contributed by atoms with E-state index in [9.17, 15) is 22.8 Å². The van der Waals surface area contributed by atoms with Crippen LogP contribution in [0.3, 0.4) is 0 Å². The number of hydrogen-bond donors (Lipinski definition) is 2. The number of amides is 3. The van der Waals surface area contributed by atoms with Crippen molar-refractivity contribution in [1.29, 1.82) is 0 Å². The second kappa shape index (κ2) is 9.71. The molecule has 39 heavy (non-hydrogen) atoms. The van der Waals surface area contributed by atoms with Gasteiger partial charge in [-0.25, -0.2) is 8.42 Å². The number of carbonyl (C=O) groups is 3. The van der Waals surface area contributed by atoms with E-state index in [-0.39, 0.29) is 33.6 Å².